The third-order valence-electron chi connectivity index (χ3n) is 1.98. The zero-order chi connectivity index (χ0) is 8.39. The zero-order valence-electron chi connectivity index (χ0n) is 7.20. The van der Waals surface area contributed by atoms with Crippen LogP contribution < -0.4 is 0 Å². The molecular formula is C10H12N2. The maximum absolute atomic E-state index is 4.28. The first-order valence-corrected chi connectivity index (χ1v) is 4.32. The predicted molar refractivity (Wildman–Crippen MR) is 49.2 cm³/mol. The number of hydrogen-bond donors (Lipinski definition) is 0. The second kappa shape index (κ2) is 2.97. The van der Waals surface area contributed by atoms with Gasteiger partial charge in [-0.25, -0.2) is 4.52 Å². The molecule has 0 N–H and O–H groups in total. The molecule has 0 aliphatic heterocycles. The summed E-state index contributed by atoms with van der Waals surface area (Å²) in [5.41, 5.74) is 2.50. The van der Waals surface area contributed by atoms with Crippen LogP contribution in [0.1, 0.15) is 18.9 Å². The van der Waals surface area contributed by atoms with Crippen molar-refractivity contribution in [3.63, 3.8) is 0 Å². The van der Waals surface area contributed by atoms with Crippen LogP contribution in [-0.2, 0) is 6.42 Å². The number of fused-ring (bicyclic) bond motifs is 1. The average Bonchev–Trinajstić information content (AvgIpc) is 2.51. The molecular weight excluding hydrogens is 148 g/mol. The number of rotatable bonds is 2. The summed E-state index contributed by atoms with van der Waals surface area (Å²) in [5, 5.41) is 4.28. The molecule has 0 aromatic carbocycles. The molecule has 0 spiro atoms. The highest BCUT2D eigenvalue weighted by molar-refractivity contribution is 5.47. The van der Waals surface area contributed by atoms with Gasteiger partial charge in [0, 0.05) is 6.20 Å². The van der Waals surface area contributed by atoms with Gasteiger partial charge in [0.2, 0.25) is 0 Å². The molecule has 0 saturated heterocycles. The molecule has 0 radical (unpaired) electrons. The lowest BCUT2D eigenvalue weighted by atomic mass is 10.2. The van der Waals surface area contributed by atoms with E-state index in [1.807, 2.05) is 23.0 Å². The van der Waals surface area contributed by atoms with E-state index in [1.165, 1.54) is 17.5 Å². The Morgan fingerprint density at radius 2 is 2.42 bits per heavy atom. The van der Waals surface area contributed by atoms with Crippen LogP contribution in [0.3, 0.4) is 0 Å². The van der Waals surface area contributed by atoms with E-state index < -0.39 is 0 Å². The van der Waals surface area contributed by atoms with Crippen molar-refractivity contribution in [1.82, 2.24) is 9.61 Å². The molecule has 62 valence electrons. The SMILES string of the molecule is CCCc1cnn2cccc2c1. The Balaban J connectivity index is 2.46. The molecule has 0 aliphatic carbocycles. The highest BCUT2D eigenvalue weighted by Crippen LogP contribution is 2.07. The van der Waals surface area contributed by atoms with Crippen LogP contribution in [0.2, 0.25) is 0 Å². The Labute approximate surface area is 71.8 Å². The third-order valence-corrected chi connectivity index (χ3v) is 1.98. The first-order valence-electron chi connectivity index (χ1n) is 4.32. The molecule has 2 heterocycles. The smallest absolute Gasteiger partial charge is 0.0649 e. The lowest BCUT2D eigenvalue weighted by Gasteiger charge is -1.98. The summed E-state index contributed by atoms with van der Waals surface area (Å²) in [4.78, 5) is 0. The first-order chi connectivity index (χ1) is 5.90. The molecule has 2 rings (SSSR count). The van der Waals surface area contributed by atoms with Crippen molar-refractivity contribution < 1.29 is 0 Å². The van der Waals surface area contributed by atoms with Gasteiger partial charge >= 0.3 is 0 Å². The van der Waals surface area contributed by atoms with Gasteiger partial charge in [0.25, 0.3) is 0 Å². The normalized spacial score (nSPS) is 10.8. The van der Waals surface area contributed by atoms with Gasteiger partial charge in [0.05, 0.1) is 11.7 Å². The monoisotopic (exact) mass is 160 g/mol. The summed E-state index contributed by atoms with van der Waals surface area (Å²) in [7, 11) is 0. The summed E-state index contributed by atoms with van der Waals surface area (Å²) in [6, 6.07) is 6.28. The van der Waals surface area contributed by atoms with E-state index in [1.54, 1.807) is 0 Å². The van der Waals surface area contributed by atoms with Gasteiger partial charge in [-0.1, -0.05) is 13.3 Å². The van der Waals surface area contributed by atoms with Crippen molar-refractivity contribution >= 4 is 5.52 Å². The minimum atomic E-state index is 1.12. The molecule has 0 fully saturated rings. The number of hydrogen-bond acceptors (Lipinski definition) is 1. The van der Waals surface area contributed by atoms with Crippen molar-refractivity contribution in [2.45, 2.75) is 19.8 Å². The molecule has 0 aliphatic rings. The maximum atomic E-state index is 4.28. The highest BCUT2D eigenvalue weighted by atomic mass is 15.2. The van der Waals surface area contributed by atoms with Gasteiger partial charge in [0.1, 0.15) is 0 Å². The molecule has 2 heteroatoms. The van der Waals surface area contributed by atoms with Crippen LogP contribution in [0.15, 0.2) is 30.6 Å². The van der Waals surface area contributed by atoms with Crippen LogP contribution in [0.4, 0.5) is 0 Å². The molecule has 2 aromatic rings. The van der Waals surface area contributed by atoms with Crippen LogP contribution >= 0.6 is 0 Å². The Hall–Kier alpha value is -1.31. The third kappa shape index (κ3) is 1.20. The maximum Gasteiger partial charge on any atom is 0.0649 e. The second-order valence-corrected chi connectivity index (χ2v) is 2.99. The fourth-order valence-electron chi connectivity index (χ4n) is 1.39. The minimum absolute atomic E-state index is 1.12. The lowest BCUT2D eigenvalue weighted by Crippen LogP contribution is -1.91. The number of aromatic nitrogens is 2. The number of nitrogens with zero attached hydrogens (tertiary/aromatic N) is 2. The summed E-state index contributed by atoms with van der Waals surface area (Å²) in [6.07, 6.45) is 6.20. The minimum Gasteiger partial charge on any atom is -0.241 e. The second-order valence-electron chi connectivity index (χ2n) is 2.99. The molecule has 2 nitrogen and oxygen atoms in total. The summed E-state index contributed by atoms with van der Waals surface area (Å²) < 4.78 is 1.89. The van der Waals surface area contributed by atoms with Gasteiger partial charge in [-0.2, -0.15) is 5.10 Å². The van der Waals surface area contributed by atoms with Gasteiger partial charge in [-0.05, 0) is 30.2 Å². The fourth-order valence-corrected chi connectivity index (χ4v) is 1.39. The molecule has 0 saturated carbocycles. The average molecular weight is 160 g/mol. The van der Waals surface area contributed by atoms with Crippen LogP contribution in [0, 0.1) is 0 Å². The van der Waals surface area contributed by atoms with Crippen LogP contribution in [-0.4, -0.2) is 9.61 Å². The van der Waals surface area contributed by atoms with Gasteiger partial charge in [-0.15, -0.1) is 0 Å². The van der Waals surface area contributed by atoms with Gasteiger partial charge in [-0.3, -0.25) is 0 Å². The van der Waals surface area contributed by atoms with E-state index >= 15 is 0 Å². The summed E-state index contributed by atoms with van der Waals surface area (Å²) in [6.45, 7) is 2.18. The summed E-state index contributed by atoms with van der Waals surface area (Å²) in [5.74, 6) is 0. The quantitative estimate of drug-likeness (QED) is 0.658. The molecule has 0 amide bonds. The van der Waals surface area contributed by atoms with Crippen molar-refractivity contribution in [3.05, 3.63) is 36.2 Å². The van der Waals surface area contributed by atoms with Gasteiger partial charge in [0.15, 0.2) is 0 Å². The molecule has 12 heavy (non-hydrogen) atoms. The lowest BCUT2D eigenvalue weighted by molar-refractivity contribution is 0.874. The first kappa shape index (κ1) is 7.35. The molecule has 0 bridgehead atoms. The Morgan fingerprint density at radius 3 is 3.25 bits per heavy atom. The van der Waals surface area contributed by atoms with E-state index in [9.17, 15) is 0 Å². The van der Waals surface area contributed by atoms with E-state index in [0.29, 0.717) is 0 Å². The largest absolute Gasteiger partial charge is 0.241 e. The predicted octanol–water partition coefficient (Wildman–Crippen LogP) is 2.29. The van der Waals surface area contributed by atoms with E-state index in [0.717, 1.165) is 6.42 Å². The molecule has 2 aromatic heterocycles. The fraction of sp³-hybridized carbons (Fsp3) is 0.300. The topological polar surface area (TPSA) is 17.3 Å². The van der Waals surface area contributed by atoms with Crippen molar-refractivity contribution in [3.8, 4) is 0 Å². The van der Waals surface area contributed by atoms with Crippen LogP contribution in [0.25, 0.3) is 5.52 Å². The zero-order valence-corrected chi connectivity index (χ0v) is 7.20. The molecule has 0 unspecified atom stereocenters. The Kier molecular flexibility index (Phi) is 1.82. The highest BCUT2D eigenvalue weighted by Gasteiger charge is 1.94. The van der Waals surface area contributed by atoms with Crippen molar-refractivity contribution in [1.29, 1.82) is 0 Å². The Morgan fingerprint density at radius 1 is 1.50 bits per heavy atom. The van der Waals surface area contributed by atoms with Crippen LogP contribution in [0.5, 0.6) is 0 Å². The standard InChI is InChI=1S/C10H12N2/c1-2-4-9-7-10-5-3-6-12(10)11-8-9/h3,5-8H,2,4H2,1H3. The van der Waals surface area contributed by atoms with Crippen molar-refractivity contribution in [2.75, 3.05) is 0 Å². The van der Waals surface area contributed by atoms with Gasteiger partial charge < -0.3 is 0 Å². The molecule has 0 atom stereocenters. The van der Waals surface area contributed by atoms with E-state index in [-0.39, 0.29) is 0 Å². The Bertz CT molecular complexity index is 376. The number of aryl methyl sites for hydroxylation is 1. The summed E-state index contributed by atoms with van der Waals surface area (Å²) >= 11 is 0. The van der Waals surface area contributed by atoms with Crippen molar-refractivity contribution in [2.24, 2.45) is 0 Å². The van der Waals surface area contributed by atoms with E-state index in [4.69, 9.17) is 0 Å². The van der Waals surface area contributed by atoms with E-state index in [2.05, 4.69) is 24.2 Å².